The number of fused-ring (bicyclic) bond motifs is 1. The van der Waals surface area contributed by atoms with Gasteiger partial charge in [0.1, 0.15) is 5.82 Å². The minimum atomic E-state index is -1.25. The number of pyridine rings is 1. The largest absolute Gasteiger partial charge is 0.444 e. The molecule has 2 aliphatic heterocycles. The molecule has 0 aliphatic carbocycles. The molecular formula is C29H28ClFN4O3. The van der Waals surface area contributed by atoms with Crippen LogP contribution in [0.1, 0.15) is 54.0 Å². The fourth-order valence-electron chi connectivity index (χ4n) is 5.36. The van der Waals surface area contributed by atoms with E-state index in [0.29, 0.717) is 39.7 Å². The van der Waals surface area contributed by atoms with Gasteiger partial charge in [-0.2, -0.15) is 4.98 Å². The SMILES string of the molecule is Cc1nc(-c2cnc(CN3CCC(c4cccc5c4OC(C)(c4ccc(Cl)cc4F)O5)CC3)c(C)c2)no1. The van der Waals surface area contributed by atoms with Gasteiger partial charge >= 0.3 is 0 Å². The van der Waals surface area contributed by atoms with Crippen LogP contribution in [0.4, 0.5) is 4.39 Å². The Morgan fingerprint density at radius 1 is 1.11 bits per heavy atom. The van der Waals surface area contributed by atoms with Gasteiger partial charge in [0, 0.05) is 42.7 Å². The van der Waals surface area contributed by atoms with Crippen molar-refractivity contribution in [2.24, 2.45) is 0 Å². The monoisotopic (exact) mass is 534 g/mol. The van der Waals surface area contributed by atoms with E-state index >= 15 is 0 Å². The third-order valence-corrected chi connectivity index (χ3v) is 7.64. The van der Waals surface area contributed by atoms with Gasteiger partial charge in [-0.05, 0) is 74.7 Å². The fourth-order valence-corrected chi connectivity index (χ4v) is 5.52. The van der Waals surface area contributed by atoms with Crippen LogP contribution in [0.2, 0.25) is 5.02 Å². The first-order valence-corrected chi connectivity index (χ1v) is 13.1. The normalized spacial score (nSPS) is 19.7. The Kier molecular flexibility index (Phi) is 6.32. The molecule has 0 bridgehead atoms. The summed E-state index contributed by atoms with van der Waals surface area (Å²) >= 11 is 5.95. The lowest BCUT2D eigenvalue weighted by atomic mass is 9.88. The van der Waals surface area contributed by atoms with Crippen LogP contribution in [0.3, 0.4) is 0 Å². The summed E-state index contributed by atoms with van der Waals surface area (Å²) in [6.07, 6.45) is 3.76. The van der Waals surface area contributed by atoms with Crippen molar-refractivity contribution in [3.63, 3.8) is 0 Å². The predicted molar refractivity (Wildman–Crippen MR) is 141 cm³/mol. The molecule has 0 N–H and O–H groups in total. The number of aromatic nitrogens is 3. The molecule has 2 aromatic heterocycles. The average molecular weight is 535 g/mol. The molecule has 0 amide bonds. The molecule has 1 fully saturated rings. The van der Waals surface area contributed by atoms with Gasteiger partial charge in [-0.1, -0.05) is 28.9 Å². The van der Waals surface area contributed by atoms with E-state index in [2.05, 4.69) is 34.1 Å². The lowest BCUT2D eigenvalue weighted by Gasteiger charge is -2.32. The molecule has 0 saturated carbocycles. The summed E-state index contributed by atoms with van der Waals surface area (Å²) < 4.78 is 32.3. The highest BCUT2D eigenvalue weighted by Gasteiger charge is 2.42. The van der Waals surface area contributed by atoms with E-state index in [1.54, 1.807) is 26.0 Å². The van der Waals surface area contributed by atoms with E-state index in [1.807, 2.05) is 18.3 Å². The van der Waals surface area contributed by atoms with E-state index in [1.165, 1.54) is 6.07 Å². The van der Waals surface area contributed by atoms with E-state index in [4.69, 9.17) is 30.6 Å². The first-order chi connectivity index (χ1) is 18.3. The molecule has 2 aliphatic rings. The maximum atomic E-state index is 14.7. The fraction of sp³-hybridized carbons (Fsp3) is 0.345. The molecule has 0 radical (unpaired) electrons. The first-order valence-electron chi connectivity index (χ1n) is 12.7. The third-order valence-electron chi connectivity index (χ3n) is 7.40. The van der Waals surface area contributed by atoms with Crippen LogP contribution in [0, 0.1) is 19.7 Å². The molecule has 1 saturated heterocycles. The van der Waals surface area contributed by atoms with Gasteiger partial charge in [0.2, 0.25) is 11.7 Å². The molecule has 1 unspecified atom stereocenters. The van der Waals surface area contributed by atoms with Gasteiger partial charge in [0.15, 0.2) is 11.5 Å². The van der Waals surface area contributed by atoms with E-state index in [-0.39, 0.29) is 0 Å². The van der Waals surface area contributed by atoms with Crippen LogP contribution < -0.4 is 9.47 Å². The molecule has 7 nitrogen and oxygen atoms in total. The zero-order valence-corrected chi connectivity index (χ0v) is 22.3. The van der Waals surface area contributed by atoms with Gasteiger partial charge in [-0.25, -0.2) is 4.39 Å². The second kappa shape index (κ2) is 9.67. The van der Waals surface area contributed by atoms with Gasteiger partial charge in [0.05, 0.1) is 11.3 Å². The van der Waals surface area contributed by atoms with Crippen molar-refractivity contribution >= 4 is 11.6 Å². The molecule has 4 aromatic rings. The number of hydrogen-bond acceptors (Lipinski definition) is 7. The minimum absolute atomic E-state index is 0.320. The number of para-hydroxylation sites is 1. The number of piperidine rings is 1. The maximum absolute atomic E-state index is 14.7. The maximum Gasteiger partial charge on any atom is 0.278 e. The Labute approximate surface area is 225 Å². The average Bonchev–Trinajstić information content (AvgIpc) is 3.48. The Balaban J connectivity index is 1.13. The minimum Gasteiger partial charge on any atom is -0.444 e. The molecule has 38 heavy (non-hydrogen) atoms. The summed E-state index contributed by atoms with van der Waals surface area (Å²) in [5, 5.41) is 4.32. The van der Waals surface area contributed by atoms with Crippen LogP contribution in [0.15, 0.2) is 53.2 Å². The van der Waals surface area contributed by atoms with Crippen molar-refractivity contribution in [2.75, 3.05) is 13.1 Å². The lowest BCUT2D eigenvalue weighted by Crippen LogP contribution is -2.34. The Hall–Kier alpha value is -3.49. The molecule has 196 valence electrons. The summed E-state index contributed by atoms with van der Waals surface area (Å²) in [5.41, 5.74) is 4.43. The van der Waals surface area contributed by atoms with Crippen LogP contribution >= 0.6 is 11.6 Å². The highest BCUT2D eigenvalue weighted by atomic mass is 35.5. The van der Waals surface area contributed by atoms with Crippen LogP contribution in [-0.4, -0.2) is 33.1 Å². The van der Waals surface area contributed by atoms with Crippen LogP contribution in [0.25, 0.3) is 11.4 Å². The molecule has 1 atom stereocenters. The number of ether oxygens (including phenoxy) is 2. The van der Waals surface area contributed by atoms with Crippen molar-refractivity contribution in [3.05, 3.63) is 87.8 Å². The van der Waals surface area contributed by atoms with Gasteiger partial charge < -0.3 is 14.0 Å². The van der Waals surface area contributed by atoms with E-state index in [9.17, 15) is 4.39 Å². The van der Waals surface area contributed by atoms with Crippen molar-refractivity contribution in [3.8, 4) is 22.9 Å². The van der Waals surface area contributed by atoms with Gasteiger partial charge in [-0.3, -0.25) is 9.88 Å². The predicted octanol–water partition coefficient (Wildman–Crippen LogP) is 6.56. The zero-order valence-electron chi connectivity index (χ0n) is 21.5. The molecule has 2 aromatic carbocycles. The van der Waals surface area contributed by atoms with Gasteiger partial charge in [0.25, 0.3) is 5.79 Å². The number of halogens is 2. The Morgan fingerprint density at radius 3 is 2.63 bits per heavy atom. The summed E-state index contributed by atoms with van der Waals surface area (Å²) in [4.78, 5) is 11.4. The smallest absolute Gasteiger partial charge is 0.278 e. The summed E-state index contributed by atoms with van der Waals surface area (Å²) in [6.45, 7) is 8.24. The Morgan fingerprint density at radius 2 is 1.92 bits per heavy atom. The third kappa shape index (κ3) is 4.63. The quantitative estimate of drug-likeness (QED) is 0.287. The first kappa shape index (κ1) is 24.8. The van der Waals surface area contributed by atoms with Crippen molar-refractivity contribution in [2.45, 2.75) is 51.9 Å². The van der Waals surface area contributed by atoms with Crippen LogP contribution in [0.5, 0.6) is 11.5 Å². The number of likely N-dealkylation sites (tertiary alicyclic amines) is 1. The molecular weight excluding hydrogens is 507 g/mol. The Bertz CT molecular complexity index is 1500. The standard InChI is InChI=1S/C29H28ClFN4O3/c1-17-13-20(28-33-18(2)38-34-28)15-32-25(17)16-35-11-9-19(10-12-35)22-5-4-6-26-27(22)37-29(3,36-26)23-8-7-21(30)14-24(23)31/h4-8,13-15,19H,9-12,16H2,1-3H3. The lowest BCUT2D eigenvalue weighted by molar-refractivity contribution is -0.0712. The number of rotatable bonds is 5. The summed E-state index contributed by atoms with van der Waals surface area (Å²) in [6, 6.07) is 12.6. The van der Waals surface area contributed by atoms with E-state index in [0.717, 1.165) is 54.9 Å². The second-order valence-corrected chi connectivity index (χ2v) is 10.6. The highest BCUT2D eigenvalue weighted by molar-refractivity contribution is 6.30. The molecule has 6 rings (SSSR count). The number of benzene rings is 2. The second-order valence-electron chi connectivity index (χ2n) is 10.1. The van der Waals surface area contributed by atoms with Crippen molar-refractivity contribution in [1.29, 1.82) is 0 Å². The number of aryl methyl sites for hydroxylation is 2. The topological polar surface area (TPSA) is 73.5 Å². The molecule has 4 heterocycles. The number of nitrogens with zero attached hydrogens (tertiary/aromatic N) is 4. The highest BCUT2D eigenvalue weighted by Crippen LogP contribution is 2.49. The molecule has 9 heteroatoms. The summed E-state index contributed by atoms with van der Waals surface area (Å²) in [5.74, 6) is 1.05. The summed E-state index contributed by atoms with van der Waals surface area (Å²) in [7, 11) is 0. The van der Waals surface area contributed by atoms with E-state index < -0.39 is 11.6 Å². The van der Waals surface area contributed by atoms with Crippen molar-refractivity contribution in [1.82, 2.24) is 20.0 Å². The number of hydrogen-bond donors (Lipinski definition) is 0. The van der Waals surface area contributed by atoms with Crippen LogP contribution in [-0.2, 0) is 12.3 Å². The van der Waals surface area contributed by atoms with Crippen molar-refractivity contribution < 1.29 is 18.4 Å². The van der Waals surface area contributed by atoms with Gasteiger partial charge in [-0.15, -0.1) is 0 Å². The molecule has 0 spiro atoms. The zero-order chi connectivity index (χ0) is 26.4.